The van der Waals surface area contributed by atoms with E-state index in [1.54, 1.807) is 31.5 Å². The molecule has 0 saturated heterocycles. The van der Waals surface area contributed by atoms with E-state index in [1.165, 1.54) is 0 Å². The van der Waals surface area contributed by atoms with Gasteiger partial charge in [0.15, 0.2) is 0 Å². The second kappa shape index (κ2) is 5.43. The Morgan fingerprint density at radius 1 is 1.53 bits per heavy atom. The molecule has 0 spiro atoms. The van der Waals surface area contributed by atoms with E-state index in [4.69, 9.17) is 10.5 Å². The van der Waals surface area contributed by atoms with Crippen LogP contribution >= 0.6 is 0 Å². The predicted molar refractivity (Wildman–Crippen MR) is 71.9 cm³/mol. The second-order valence-electron chi connectivity index (χ2n) is 4.16. The topological polar surface area (TPSA) is 93.0 Å². The largest absolute Gasteiger partial charge is 0.497 e. The van der Waals surface area contributed by atoms with Gasteiger partial charge in [0.1, 0.15) is 5.75 Å². The van der Waals surface area contributed by atoms with Crippen molar-refractivity contribution < 1.29 is 9.53 Å². The zero-order valence-corrected chi connectivity index (χ0v) is 10.9. The van der Waals surface area contributed by atoms with Gasteiger partial charge in [-0.3, -0.25) is 9.89 Å². The highest BCUT2D eigenvalue weighted by atomic mass is 16.5. The van der Waals surface area contributed by atoms with Crippen molar-refractivity contribution in [3.63, 3.8) is 0 Å². The molecule has 4 N–H and O–H groups in total. The molecule has 0 unspecified atom stereocenters. The number of H-pyrrole nitrogens is 1. The van der Waals surface area contributed by atoms with Gasteiger partial charge in [-0.25, -0.2) is 0 Å². The number of nitrogens with one attached hydrogen (secondary N) is 2. The number of carbonyl (C=O) groups excluding carboxylic acids is 1. The van der Waals surface area contributed by atoms with Crippen LogP contribution < -0.4 is 15.8 Å². The molecule has 6 nitrogen and oxygen atoms in total. The lowest BCUT2D eigenvalue weighted by atomic mass is 10.1. The number of carbonyl (C=O) groups is 1. The van der Waals surface area contributed by atoms with Crippen LogP contribution in [0, 0.1) is 6.92 Å². The van der Waals surface area contributed by atoms with Crippen LogP contribution in [-0.4, -0.2) is 23.2 Å². The second-order valence-corrected chi connectivity index (χ2v) is 4.16. The number of aromatic amines is 1. The minimum absolute atomic E-state index is 0.239. The summed E-state index contributed by atoms with van der Waals surface area (Å²) in [6, 6.07) is 4.98. The van der Waals surface area contributed by atoms with Crippen molar-refractivity contribution in [3.8, 4) is 5.75 Å². The van der Waals surface area contributed by atoms with Gasteiger partial charge < -0.3 is 15.8 Å². The summed E-state index contributed by atoms with van der Waals surface area (Å²) >= 11 is 0. The summed E-state index contributed by atoms with van der Waals surface area (Å²) in [7, 11) is 1.54. The molecule has 1 aromatic carbocycles. The smallest absolute Gasteiger partial charge is 0.253 e. The Labute approximate surface area is 111 Å². The molecule has 2 rings (SSSR count). The lowest BCUT2D eigenvalue weighted by Crippen LogP contribution is -2.24. The number of hydrogen-bond donors (Lipinski definition) is 3. The van der Waals surface area contributed by atoms with E-state index >= 15 is 0 Å². The Morgan fingerprint density at radius 2 is 2.32 bits per heavy atom. The Balaban J connectivity index is 2.10. The molecule has 1 amide bonds. The van der Waals surface area contributed by atoms with Gasteiger partial charge in [0.25, 0.3) is 5.91 Å². The number of benzene rings is 1. The van der Waals surface area contributed by atoms with E-state index < -0.39 is 0 Å². The number of nitrogens with two attached hydrogens (primary N) is 1. The van der Waals surface area contributed by atoms with E-state index in [2.05, 4.69) is 15.5 Å². The number of aryl methyl sites for hydroxylation is 1. The van der Waals surface area contributed by atoms with Crippen molar-refractivity contribution in [2.75, 3.05) is 12.8 Å². The summed E-state index contributed by atoms with van der Waals surface area (Å²) < 4.78 is 5.08. The highest BCUT2D eigenvalue weighted by Gasteiger charge is 2.11. The van der Waals surface area contributed by atoms with Gasteiger partial charge >= 0.3 is 0 Å². The van der Waals surface area contributed by atoms with Crippen LogP contribution in [0.2, 0.25) is 0 Å². The number of amides is 1. The monoisotopic (exact) mass is 260 g/mol. The number of methoxy groups -OCH3 is 1. The minimum Gasteiger partial charge on any atom is -0.497 e. The molecule has 0 aliphatic heterocycles. The first-order chi connectivity index (χ1) is 9.11. The number of hydrogen-bond acceptors (Lipinski definition) is 4. The third kappa shape index (κ3) is 2.85. The van der Waals surface area contributed by atoms with Crippen molar-refractivity contribution in [1.29, 1.82) is 0 Å². The van der Waals surface area contributed by atoms with Crippen LogP contribution in [0.1, 0.15) is 21.6 Å². The maximum absolute atomic E-state index is 12.1. The normalized spacial score (nSPS) is 10.2. The molecule has 0 aliphatic carbocycles. The molecule has 0 bridgehead atoms. The highest BCUT2D eigenvalue weighted by Crippen LogP contribution is 2.19. The zero-order chi connectivity index (χ0) is 13.8. The molecule has 1 aromatic heterocycles. The van der Waals surface area contributed by atoms with Crippen LogP contribution in [0.3, 0.4) is 0 Å². The van der Waals surface area contributed by atoms with Crippen LogP contribution in [-0.2, 0) is 6.54 Å². The molecule has 1 heterocycles. The summed E-state index contributed by atoms with van der Waals surface area (Å²) in [5.74, 6) is 0.357. The lowest BCUT2D eigenvalue weighted by molar-refractivity contribution is 0.0951. The minimum atomic E-state index is -0.239. The standard InChI is InChI=1S/C13H16N4O2/c1-8-9(7-16-17-8)6-15-13(18)11-5-10(19-2)3-4-12(11)14/h3-5,7H,6,14H2,1-2H3,(H,15,18)(H,16,17). The average Bonchev–Trinajstić information content (AvgIpc) is 2.82. The summed E-state index contributed by atoms with van der Waals surface area (Å²) in [4.78, 5) is 12.1. The van der Waals surface area contributed by atoms with Crippen LogP contribution in [0.4, 0.5) is 5.69 Å². The summed E-state index contributed by atoms with van der Waals surface area (Å²) in [6.45, 7) is 2.30. The SMILES string of the molecule is COc1ccc(N)c(C(=O)NCc2cn[nH]c2C)c1. The highest BCUT2D eigenvalue weighted by molar-refractivity contribution is 5.99. The first-order valence-electron chi connectivity index (χ1n) is 5.82. The Bertz CT molecular complexity index is 592. The number of ether oxygens (including phenoxy) is 1. The quantitative estimate of drug-likeness (QED) is 0.721. The van der Waals surface area contributed by atoms with Crippen molar-refractivity contribution in [2.24, 2.45) is 0 Å². The molecule has 100 valence electrons. The summed E-state index contributed by atoms with van der Waals surface area (Å²) in [5, 5.41) is 9.51. The number of rotatable bonds is 4. The predicted octanol–water partition coefficient (Wildman–Crippen LogP) is 1.24. The van der Waals surface area contributed by atoms with Gasteiger partial charge in [0, 0.05) is 23.5 Å². The fourth-order valence-electron chi connectivity index (χ4n) is 1.68. The first-order valence-corrected chi connectivity index (χ1v) is 5.82. The molecule has 0 radical (unpaired) electrons. The Kier molecular flexibility index (Phi) is 3.70. The van der Waals surface area contributed by atoms with Crippen molar-refractivity contribution in [1.82, 2.24) is 15.5 Å². The van der Waals surface area contributed by atoms with E-state index in [0.717, 1.165) is 11.3 Å². The maximum atomic E-state index is 12.1. The van der Waals surface area contributed by atoms with Crippen molar-refractivity contribution in [2.45, 2.75) is 13.5 Å². The molecular weight excluding hydrogens is 244 g/mol. The summed E-state index contributed by atoms with van der Waals surface area (Å²) in [5.41, 5.74) is 8.48. The molecule has 0 fully saturated rings. The van der Waals surface area contributed by atoms with Gasteiger partial charge in [-0.2, -0.15) is 5.10 Å². The van der Waals surface area contributed by atoms with Crippen LogP contribution in [0.15, 0.2) is 24.4 Å². The van der Waals surface area contributed by atoms with E-state index in [-0.39, 0.29) is 5.91 Å². The number of nitrogen functional groups attached to an aromatic ring is 1. The first kappa shape index (κ1) is 12.9. The third-order valence-electron chi connectivity index (χ3n) is 2.88. The molecule has 0 saturated carbocycles. The maximum Gasteiger partial charge on any atom is 0.253 e. The van der Waals surface area contributed by atoms with Gasteiger partial charge in [-0.15, -0.1) is 0 Å². The molecule has 0 aliphatic rings. The molecule has 6 heteroatoms. The fourth-order valence-corrected chi connectivity index (χ4v) is 1.68. The molecule has 0 atom stereocenters. The van der Waals surface area contributed by atoms with Gasteiger partial charge in [-0.1, -0.05) is 0 Å². The number of nitrogens with zero attached hydrogens (tertiary/aromatic N) is 1. The Hall–Kier alpha value is -2.50. The van der Waals surface area contributed by atoms with Crippen LogP contribution in [0.25, 0.3) is 0 Å². The van der Waals surface area contributed by atoms with E-state index in [0.29, 0.717) is 23.5 Å². The van der Waals surface area contributed by atoms with Gasteiger partial charge in [-0.05, 0) is 25.1 Å². The number of aromatic nitrogens is 2. The Morgan fingerprint density at radius 3 is 2.95 bits per heavy atom. The molecule has 19 heavy (non-hydrogen) atoms. The lowest BCUT2D eigenvalue weighted by Gasteiger charge is -2.09. The van der Waals surface area contributed by atoms with E-state index in [9.17, 15) is 4.79 Å². The summed E-state index contributed by atoms with van der Waals surface area (Å²) in [6.07, 6.45) is 1.69. The molecule has 2 aromatic rings. The van der Waals surface area contributed by atoms with Crippen molar-refractivity contribution in [3.05, 3.63) is 41.2 Å². The fraction of sp³-hybridized carbons (Fsp3) is 0.231. The average molecular weight is 260 g/mol. The molecular formula is C13H16N4O2. The van der Waals surface area contributed by atoms with Crippen LogP contribution in [0.5, 0.6) is 5.75 Å². The third-order valence-corrected chi connectivity index (χ3v) is 2.88. The van der Waals surface area contributed by atoms with Gasteiger partial charge in [0.2, 0.25) is 0 Å². The number of anilines is 1. The van der Waals surface area contributed by atoms with Gasteiger partial charge in [0.05, 0.1) is 18.9 Å². The zero-order valence-electron chi connectivity index (χ0n) is 10.9. The van der Waals surface area contributed by atoms with Crippen molar-refractivity contribution >= 4 is 11.6 Å². The van der Waals surface area contributed by atoms with E-state index in [1.807, 2.05) is 6.92 Å².